The summed E-state index contributed by atoms with van der Waals surface area (Å²) in [6.45, 7) is 23.2. The van der Waals surface area contributed by atoms with Gasteiger partial charge in [0.15, 0.2) is 0 Å². The van der Waals surface area contributed by atoms with Gasteiger partial charge in [-0.05, 0) is 72.5 Å². The van der Waals surface area contributed by atoms with Crippen LogP contribution in [0.2, 0.25) is 0 Å². The largest absolute Gasteiger partial charge is 3.00 e. The third-order valence-corrected chi connectivity index (χ3v) is 11.6. The molecule has 0 saturated heterocycles. The van der Waals surface area contributed by atoms with Crippen LogP contribution in [-0.4, -0.2) is 37.0 Å². The van der Waals surface area contributed by atoms with Gasteiger partial charge < -0.3 is 28.4 Å². The summed E-state index contributed by atoms with van der Waals surface area (Å²) < 4.78 is 33.8. The van der Waals surface area contributed by atoms with E-state index in [1.54, 1.807) is 0 Å². The zero-order valence-electron chi connectivity index (χ0n) is 24.1. The summed E-state index contributed by atoms with van der Waals surface area (Å²) in [5, 5.41) is 0. The molecule has 0 amide bonds. The minimum Gasteiger partial charge on any atom is -0.799 e. The van der Waals surface area contributed by atoms with E-state index in [4.69, 9.17) is 0 Å². The fraction of sp³-hybridized carbons (Fsp3) is 1.00. The molecule has 0 spiro atoms. The fourth-order valence-corrected chi connectivity index (χ4v) is 10.7. The fourth-order valence-electron chi connectivity index (χ4n) is 3.56. The van der Waals surface area contributed by atoms with Crippen LogP contribution in [0, 0.1) is 71.1 Å². The Labute approximate surface area is 240 Å². The normalized spacial score (nSPS) is 12.6. The van der Waals surface area contributed by atoms with Gasteiger partial charge in [0.25, 0.3) is 0 Å². The molecular weight excluding hydrogens is 616 g/mol. The molecule has 6 nitrogen and oxygen atoms in total. The molecule has 204 valence electrons. The van der Waals surface area contributed by atoms with Crippen molar-refractivity contribution < 1.29 is 64.0 Å². The number of rotatable bonds is 12. The van der Waals surface area contributed by atoms with Gasteiger partial charge in [-0.2, -0.15) is 0 Å². The van der Waals surface area contributed by atoms with Crippen LogP contribution >= 0.6 is 22.1 Å². The van der Waals surface area contributed by atoms with E-state index in [9.17, 15) is 28.4 Å². The van der Waals surface area contributed by atoms with Gasteiger partial charge in [-0.15, -0.1) is 0 Å². The summed E-state index contributed by atoms with van der Waals surface area (Å²) in [6, 6.07) is 0. The van der Waals surface area contributed by atoms with Crippen LogP contribution in [0.25, 0.3) is 0 Å². The van der Waals surface area contributed by atoms with Crippen LogP contribution in [0.1, 0.15) is 83.1 Å². The molecule has 0 N–H and O–H groups in total. The van der Waals surface area contributed by atoms with E-state index >= 15 is 0 Å². The van der Waals surface area contributed by atoms with Crippen molar-refractivity contribution in [1.82, 2.24) is 0 Å². The van der Waals surface area contributed by atoms with Gasteiger partial charge in [0, 0.05) is 22.1 Å². The van der Waals surface area contributed by atoms with Gasteiger partial charge in [-0.1, -0.05) is 83.1 Å². The Morgan fingerprint density at radius 3 is 0.529 bits per heavy atom. The molecule has 0 fully saturated rings. The van der Waals surface area contributed by atoms with E-state index in [1.165, 1.54) is 0 Å². The van der Waals surface area contributed by atoms with E-state index in [0.29, 0.717) is 37.0 Å². The SMILES string of the molecule is CC(C)CP(=O)([O-])CC(C)C.CC(C)CP(=O)([O-])CC(C)C.CC(C)CP(=O)([O-])CC(C)C.[La+3]. The number of hydrogen-bond donors (Lipinski definition) is 0. The Morgan fingerprint density at radius 1 is 0.382 bits per heavy atom. The monoisotopic (exact) mass is 670 g/mol. The Balaban J connectivity index is -0.000000196. The first-order chi connectivity index (χ1) is 14.5. The van der Waals surface area contributed by atoms with Crippen molar-refractivity contribution in [2.75, 3.05) is 37.0 Å². The summed E-state index contributed by atoms with van der Waals surface area (Å²) in [5.74, 6) is 1.57. The van der Waals surface area contributed by atoms with Crippen molar-refractivity contribution in [3.05, 3.63) is 0 Å². The summed E-state index contributed by atoms with van der Waals surface area (Å²) in [5.41, 5.74) is 0. The topological polar surface area (TPSA) is 120 Å². The molecule has 0 aromatic carbocycles. The van der Waals surface area contributed by atoms with Crippen molar-refractivity contribution in [2.24, 2.45) is 35.5 Å². The van der Waals surface area contributed by atoms with Crippen molar-refractivity contribution in [1.29, 1.82) is 0 Å². The second-order valence-electron chi connectivity index (χ2n) is 11.9. The molecule has 0 unspecified atom stereocenters. The smallest absolute Gasteiger partial charge is 0.799 e. The molecule has 0 aliphatic rings. The summed E-state index contributed by atoms with van der Waals surface area (Å²) in [7, 11) is -9.16. The average molecular weight is 671 g/mol. The minimum absolute atomic E-state index is 0. The molecular formula is C24H54LaO6P3. The van der Waals surface area contributed by atoms with E-state index in [2.05, 4.69) is 0 Å². The summed E-state index contributed by atoms with van der Waals surface area (Å²) in [4.78, 5) is 33.8. The number of hydrogen-bond acceptors (Lipinski definition) is 6. The Morgan fingerprint density at radius 2 is 0.471 bits per heavy atom. The van der Waals surface area contributed by atoms with Gasteiger partial charge in [0.05, 0.1) is 0 Å². The maximum Gasteiger partial charge on any atom is 3.00 e. The molecule has 0 radical (unpaired) electrons. The van der Waals surface area contributed by atoms with Gasteiger partial charge >= 0.3 is 35.6 Å². The van der Waals surface area contributed by atoms with Crippen molar-refractivity contribution in [3.8, 4) is 0 Å². The summed E-state index contributed by atoms with van der Waals surface area (Å²) >= 11 is 0. The van der Waals surface area contributed by atoms with Gasteiger partial charge in [-0.25, -0.2) is 0 Å². The second-order valence-corrected chi connectivity index (χ2v) is 19.0. The van der Waals surface area contributed by atoms with E-state index < -0.39 is 22.1 Å². The van der Waals surface area contributed by atoms with Crippen LogP contribution in [0.4, 0.5) is 0 Å². The molecule has 0 atom stereocenters. The minimum atomic E-state index is -3.05. The van der Waals surface area contributed by atoms with E-state index in [-0.39, 0.29) is 71.1 Å². The van der Waals surface area contributed by atoms with Gasteiger partial charge in [-0.3, -0.25) is 0 Å². The predicted molar refractivity (Wildman–Crippen MR) is 141 cm³/mol. The van der Waals surface area contributed by atoms with Gasteiger partial charge in [0.1, 0.15) is 0 Å². The molecule has 0 aliphatic carbocycles. The van der Waals surface area contributed by atoms with Crippen LogP contribution in [0.15, 0.2) is 0 Å². The maximum absolute atomic E-state index is 11.3. The maximum atomic E-state index is 11.3. The molecule has 10 heteroatoms. The van der Waals surface area contributed by atoms with Gasteiger partial charge in [0.2, 0.25) is 0 Å². The first-order valence-electron chi connectivity index (χ1n) is 12.4. The van der Waals surface area contributed by atoms with Crippen LogP contribution in [-0.2, 0) is 13.7 Å². The molecule has 0 rings (SSSR count). The third-order valence-electron chi connectivity index (χ3n) is 3.86. The molecule has 0 heterocycles. The Hall–Kier alpha value is 1.76. The van der Waals surface area contributed by atoms with Crippen LogP contribution < -0.4 is 14.7 Å². The Bertz CT molecular complexity index is 507. The molecule has 34 heavy (non-hydrogen) atoms. The van der Waals surface area contributed by atoms with Crippen molar-refractivity contribution in [2.45, 2.75) is 83.1 Å². The molecule has 0 saturated carbocycles. The predicted octanol–water partition coefficient (Wildman–Crippen LogP) is 5.81. The Kier molecular flexibility index (Phi) is 26.1. The third kappa shape index (κ3) is 35.9. The zero-order valence-corrected chi connectivity index (χ0v) is 30.4. The average Bonchev–Trinajstić information content (AvgIpc) is 2.38. The molecule has 0 aromatic rings. The van der Waals surface area contributed by atoms with Crippen molar-refractivity contribution >= 4 is 22.1 Å². The van der Waals surface area contributed by atoms with Crippen LogP contribution in [0.3, 0.4) is 0 Å². The van der Waals surface area contributed by atoms with Crippen LogP contribution in [0.5, 0.6) is 0 Å². The molecule has 0 bridgehead atoms. The summed E-state index contributed by atoms with van der Waals surface area (Å²) in [6.07, 6.45) is 2.11. The second kappa shape index (κ2) is 20.7. The standard InChI is InChI=1S/3C8H19O2P.La/c3*1-7(2)5-11(9,10)6-8(3)4;/h3*7-8H,5-6H2,1-4H3,(H,9,10);/q;;;+3/p-3. The molecule has 0 aromatic heterocycles. The van der Waals surface area contributed by atoms with E-state index in [0.717, 1.165) is 0 Å². The first-order valence-corrected chi connectivity index (χ1v) is 18.4. The molecule has 0 aliphatic heterocycles. The zero-order chi connectivity index (χ0) is 27.2. The quantitative estimate of drug-likeness (QED) is 0.242. The first kappa shape index (κ1) is 42.8. The van der Waals surface area contributed by atoms with Crippen molar-refractivity contribution in [3.63, 3.8) is 0 Å². The van der Waals surface area contributed by atoms with E-state index in [1.807, 2.05) is 83.1 Å².